The molecular weight excluding hydrogens is 386 g/mol. The van der Waals surface area contributed by atoms with E-state index in [9.17, 15) is 13.2 Å². The number of benzene rings is 2. The van der Waals surface area contributed by atoms with E-state index < -0.39 is 10.0 Å². The molecule has 0 saturated heterocycles. The molecule has 1 N–H and O–H groups in total. The van der Waals surface area contributed by atoms with Crippen molar-refractivity contribution in [2.45, 2.75) is 13.8 Å². The molecule has 0 radical (unpaired) electrons. The lowest BCUT2D eigenvalue weighted by molar-refractivity contribution is 0.602. The van der Waals surface area contributed by atoms with Gasteiger partial charge in [0.05, 0.1) is 17.1 Å². The molecule has 0 fully saturated rings. The number of anilines is 1. The molecule has 0 spiro atoms. The van der Waals surface area contributed by atoms with Gasteiger partial charge in [0, 0.05) is 22.3 Å². The van der Waals surface area contributed by atoms with E-state index in [0.717, 1.165) is 5.56 Å². The fourth-order valence-electron chi connectivity index (χ4n) is 2.57. The Kier molecular flexibility index (Phi) is 5.34. The third-order valence-corrected chi connectivity index (χ3v) is 5.60. The van der Waals surface area contributed by atoms with Gasteiger partial charge in [-0.1, -0.05) is 23.7 Å². The fraction of sp³-hybridized carbons (Fsp3) is 0.158. The molecule has 140 valence electrons. The van der Waals surface area contributed by atoms with Crippen LogP contribution in [0.4, 0.5) is 5.69 Å². The first-order valence-corrected chi connectivity index (χ1v) is 10.3. The summed E-state index contributed by atoms with van der Waals surface area (Å²) >= 11 is 5.89. The quantitative estimate of drug-likeness (QED) is 0.705. The fourth-order valence-corrected chi connectivity index (χ4v) is 3.34. The van der Waals surface area contributed by atoms with Gasteiger partial charge in [-0.15, -0.1) is 0 Å². The summed E-state index contributed by atoms with van der Waals surface area (Å²) in [4.78, 5) is 12.5. The van der Waals surface area contributed by atoms with Crippen LogP contribution in [0.25, 0.3) is 16.8 Å². The van der Waals surface area contributed by atoms with Crippen LogP contribution in [0.1, 0.15) is 12.6 Å². The number of hydrogen-bond acceptors (Lipinski definition) is 4. The molecule has 0 atom stereocenters. The van der Waals surface area contributed by atoms with E-state index in [-0.39, 0.29) is 11.3 Å². The van der Waals surface area contributed by atoms with Crippen LogP contribution in [-0.2, 0) is 10.0 Å². The van der Waals surface area contributed by atoms with Gasteiger partial charge in [-0.05, 0) is 55.8 Å². The Labute approximate surface area is 162 Å². The van der Waals surface area contributed by atoms with E-state index in [0.29, 0.717) is 27.7 Å². The minimum Gasteiger partial charge on any atom is -0.284 e. The minimum atomic E-state index is -3.33. The third-order valence-electron chi connectivity index (χ3n) is 4.04. The first-order valence-electron chi connectivity index (χ1n) is 8.27. The van der Waals surface area contributed by atoms with Crippen LogP contribution in [0.2, 0.25) is 5.02 Å². The second-order valence-electron chi connectivity index (χ2n) is 5.95. The van der Waals surface area contributed by atoms with Crippen molar-refractivity contribution < 1.29 is 8.42 Å². The Morgan fingerprint density at radius 2 is 1.70 bits per heavy atom. The van der Waals surface area contributed by atoms with Gasteiger partial charge in [-0.3, -0.25) is 9.52 Å². The Bertz CT molecular complexity index is 1120. The van der Waals surface area contributed by atoms with Crippen molar-refractivity contribution in [1.29, 1.82) is 0 Å². The van der Waals surface area contributed by atoms with Crippen LogP contribution in [0, 0.1) is 6.92 Å². The van der Waals surface area contributed by atoms with Crippen LogP contribution in [-0.4, -0.2) is 24.0 Å². The van der Waals surface area contributed by atoms with Gasteiger partial charge >= 0.3 is 0 Å². The van der Waals surface area contributed by atoms with Crippen LogP contribution in [0.3, 0.4) is 0 Å². The number of halogens is 1. The summed E-state index contributed by atoms with van der Waals surface area (Å²) in [6.07, 6.45) is 0. The lowest BCUT2D eigenvalue weighted by Gasteiger charge is -2.11. The van der Waals surface area contributed by atoms with Gasteiger partial charge in [0.25, 0.3) is 5.56 Å². The standard InChI is InChI=1S/C19H18ClN3O3S/c1-3-27(25,26)22-16-8-4-14(5-9-16)18-12-19(24)23(21-13(18)2)17-10-6-15(20)7-11-17/h4-12,22H,3H2,1-2H3. The van der Waals surface area contributed by atoms with Gasteiger partial charge in [-0.2, -0.15) is 9.78 Å². The molecule has 6 nitrogen and oxygen atoms in total. The normalized spacial score (nSPS) is 11.4. The smallest absolute Gasteiger partial charge is 0.272 e. The Morgan fingerprint density at radius 3 is 2.30 bits per heavy atom. The number of nitrogens with zero attached hydrogens (tertiary/aromatic N) is 2. The van der Waals surface area contributed by atoms with Crippen molar-refractivity contribution in [2.75, 3.05) is 10.5 Å². The monoisotopic (exact) mass is 403 g/mol. The van der Waals surface area contributed by atoms with E-state index in [2.05, 4.69) is 9.82 Å². The van der Waals surface area contributed by atoms with Crippen molar-refractivity contribution in [3.05, 3.63) is 75.7 Å². The molecule has 3 rings (SSSR count). The highest BCUT2D eigenvalue weighted by Crippen LogP contribution is 2.23. The zero-order valence-corrected chi connectivity index (χ0v) is 16.4. The summed E-state index contributed by atoms with van der Waals surface area (Å²) in [6.45, 7) is 3.39. The summed E-state index contributed by atoms with van der Waals surface area (Å²) in [6, 6.07) is 15.2. The summed E-state index contributed by atoms with van der Waals surface area (Å²) < 4.78 is 27.1. The zero-order chi connectivity index (χ0) is 19.6. The predicted octanol–water partition coefficient (Wildman–Crippen LogP) is 3.62. The summed E-state index contributed by atoms with van der Waals surface area (Å²) in [5, 5.41) is 4.98. The summed E-state index contributed by atoms with van der Waals surface area (Å²) in [5.74, 6) is 0.000699. The number of sulfonamides is 1. The molecule has 0 unspecified atom stereocenters. The summed E-state index contributed by atoms with van der Waals surface area (Å²) in [5.41, 5.74) is 2.97. The van der Waals surface area contributed by atoms with Gasteiger partial charge < -0.3 is 0 Å². The molecule has 27 heavy (non-hydrogen) atoms. The number of nitrogens with one attached hydrogen (secondary N) is 1. The molecule has 0 bridgehead atoms. The first kappa shape index (κ1) is 19.1. The molecule has 0 amide bonds. The molecule has 0 aliphatic heterocycles. The van der Waals surface area contributed by atoms with Crippen molar-refractivity contribution in [2.24, 2.45) is 0 Å². The second-order valence-corrected chi connectivity index (χ2v) is 8.40. The van der Waals surface area contributed by atoms with Crippen molar-refractivity contribution in [3.8, 4) is 16.8 Å². The van der Waals surface area contributed by atoms with Gasteiger partial charge in [0.15, 0.2) is 0 Å². The van der Waals surface area contributed by atoms with Gasteiger partial charge in [-0.25, -0.2) is 8.42 Å². The average molecular weight is 404 g/mol. The Balaban J connectivity index is 1.95. The number of aromatic nitrogens is 2. The lowest BCUT2D eigenvalue weighted by atomic mass is 10.1. The number of aryl methyl sites for hydroxylation is 1. The molecule has 0 aliphatic carbocycles. The van der Waals surface area contributed by atoms with Gasteiger partial charge in [0.1, 0.15) is 0 Å². The second kappa shape index (κ2) is 7.54. The molecular formula is C19H18ClN3O3S. The maximum Gasteiger partial charge on any atom is 0.272 e. The lowest BCUT2D eigenvalue weighted by Crippen LogP contribution is -2.21. The zero-order valence-electron chi connectivity index (χ0n) is 14.8. The van der Waals surface area contributed by atoms with Gasteiger partial charge in [0.2, 0.25) is 10.0 Å². The molecule has 3 aromatic rings. The van der Waals surface area contributed by atoms with Crippen LogP contribution < -0.4 is 10.3 Å². The highest BCUT2D eigenvalue weighted by Gasteiger charge is 2.11. The first-order chi connectivity index (χ1) is 12.8. The van der Waals surface area contributed by atoms with Crippen molar-refractivity contribution in [1.82, 2.24) is 9.78 Å². The van der Waals surface area contributed by atoms with E-state index in [1.807, 2.05) is 6.92 Å². The third kappa shape index (κ3) is 4.37. The maximum atomic E-state index is 12.5. The Hall–Kier alpha value is -2.64. The van der Waals surface area contributed by atoms with Crippen LogP contribution in [0.5, 0.6) is 0 Å². The van der Waals surface area contributed by atoms with Crippen molar-refractivity contribution in [3.63, 3.8) is 0 Å². The molecule has 0 aliphatic rings. The van der Waals surface area contributed by atoms with Crippen LogP contribution >= 0.6 is 11.6 Å². The highest BCUT2D eigenvalue weighted by atomic mass is 35.5. The summed E-state index contributed by atoms with van der Waals surface area (Å²) in [7, 11) is -3.33. The maximum absolute atomic E-state index is 12.5. The average Bonchev–Trinajstić information content (AvgIpc) is 2.64. The SMILES string of the molecule is CCS(=O)(=O)Nc1ccc(-c2cc(=O)n(-c3ccc(Cl)cc3)nc2C)cc1. The number of hydrogen-bond donors (Lipinski definition) is 1. The number of rotatable bonds is 5. The predicted molar refractivity (Wildman–Crippen MR) is 108 cm³/mol. The largest absolute Gasteiger partial charge is 0.284 e. The van der Waals surface area contributed by atoms with Crippen molar-refractivity contribution >= 4 is 27.3 Å². The molecule has 1 aromatic heterocycles. The minimum absolute atomic E-state index is 0.000699. The molecule has 2 aromatic carbocycles. The topological polar surface area (TPSA) is 81.1 Å². The molecule has 1 heterocycles. The highest BCUT2D eigenvalue weighted by molar-refractivity contribution is 7.92. The molecule has 8 heteroatoms. The van der Waals surface area contributed by atoms with Crippen LogP contribution in [0.15, 0.2) is 59.4 Å². The molecule has 0 saturated carbocycles. The van der Waals surface area contributed by atoms with E-state index >= 15 is 0 Å². The van der Waals surface area contributed by atoms with E-state index in [1.165, 1.54) is 10.7 Å². The van der Waals surface area contributed by atoms with E-state index in [4.69, 9.17) is 11.6 Å². The van der Waals surface area contributed by atoms with E-state index in [1.54, 1.807) is 55.5 Å². The Morgan fingerprint density at radius 1 is 1.07 bits per heavy atom.